The summed E-state index contributed by atoms with van der Waals surface area (Å²) >= 11 is 0. The van der Waals surface area contributed by atoms with Crippen LogP contribution in [0.3, 0.4) is 0 Å². The van der Waals surface area contributed by atoms with Gasteiger partial charge in [0, 0.05) is 36.1 Å². The summed E-state index contributed by atoms with van der Waals surface area (Å²) in [7, 11) is 0. The molecule has 220 valence electrons. The Bertz CT molecular complexity index is 1500. The highest BCUT2D eigenvalue weighted by Crippen LogP contribution is 2.41. The van der Waals surface area contributed by atoms with Gasteiger partial charge < -0.3 is 24.2 Å². The van der Waals surface area contributed by atoms with Crippen LogP contribution in [-0.4, -0.2) is 73.4 Å². The van der Waals surface area contributed by atoms with Crippen LogP contribution in [0.4, 0.5) is 0 Å². The quantitative estimate of drug-likeness (QED) is 0.245. The summed E-state index contributed by atoms with van der Waals surface area (Å²) in [4.78, 5) is 17.5. The Morgan fingerprint density at radius 3 is 2.38 bits per heavy atom. The van der Waals surface area contributed by atoms with Crippen LogP contribution >= 0.6 is 12.4 Å². The van der Waals surface area contributed by atoms with Gasteiger partial charge in [-0.3, -0.25) is 9.69 Å². The number of halogens is 1. The van der Waals surface area contributed by atoms with Crippen molar-refractivity contribution in [3.05, 3.63) is 84.4 Å². The average Bonchev–Trinajstić information content (AvgIpc) is 3.02. The van der Waals surface area contributed by atoms with Gasteiger partial charge in [-0.25, -0.2) is 0 Å². The summed E-state index contributed by atoms with van der Waals surface area (Å²) in [5.74, 6) is 2.35. The Kier molecular flexibility index (Phi) is 9.85. The van der Waals surface area contributed by atoms with Crippen molar-refractivity contribution in [2.45, 2.75) is 19.3 Å². The molecule has 4 aromatic carbocycles. The lowest BCUT2D eigenvalue weighted by Gasteiger charge is -2.27. The van der Waals surface area contributed by atoms with E-state index in [1.807, 2.05) is 71.6 Å². The van der Waals surface area contributed by atoms with Crippen LogP contribution in [-0.2, 0) is 4.74 Å². The number of likely N-dealkylation sites (tertiary alicyclic amines) is 1. The molecule has 2 aliphatic heterocycles. The number of aromatic hydroxyl groups is 1. The molecule has 0 radical (unpaired) electrons. The van der Waals surface area contributed by atoms with Crippen LogP contribution in [0, 0.1) is 0 Å². The fourth-order valence-electron chi connectivity index (χ4n) is 5.59. The van der Waals surface area contributed by atoms with Crippen molar-refractivity contribution in [1.29, 1.82) is 0 Å². The maximum absolute atomic E-state index is 13.2. The summed E-state index contributed by atoms with van der Waals surface area (Å²) < 4.78 is 18.0. The van der Waals surface area contributed by atoms with Crippen molar-refractivity contribution in [3.8, 4) is 34.1 Å². The van der Waals surface area contributed by atoms with Gasteiger partial charge in [-0.05, 0) is 97.5 Å². The molecule has 1 amide bonds. The maximum Gasteiger partial charge on any atom is 0.254 e. The number of carbonyl (C=O) groups is 1. The molecule has 0 aromatic heterocycles. The minimum absolute atomic E-state index is 0. The van der Waals surface area contributed by atoms with E-state index in [4.69, 9.17) is 14.2 Å². The van der Waals surface area contributed by atoms with Crippen LogP contribution in [0.1, 0.15) is 29.6 Å². The number of hydrogen-bond acceptors (Lipinski definition) is 6. The molecule has 0 spiro atoms. The molecule has 2 saturated heterocycles. The second-order valence-corrected chi connectivity index (χ2v) is 10.7. The van der Waals surface area contributed by atoms with Gasteiger partial charge in [-0.15, -0.1) is 12.4 Å². The van der Waals surface area contributed by atoms with Crippen LogP contribution in [0.15, 0.2) is 78.9 Å². The molecule has 0 bridgehead atoms. The minimum Gasteiger partial charge on any atom is -0.508 e. The third kappa shape index (κ3) is 6.98. The predicted octanol–water partition coefficient (Wildman–Crippen LogP) is 6.76. The number of amides is 1. The second-order valence-electron chi connectivity index (χ2n) is 10.7. The SMILES string of the molecule is Cl.O=C(c1cccc(-c2ccc3cc(O)ccc3c2Oc2ccc(OCCN3CCCCC3)cc2)c1)N1CCOCC1. The van der Waals surface area contributed by atoms with Crippen molar-refractivity contribution in [3.63, 3.8) is 0 Å². The molecule has 8 heteroatoms. The van der Waals surface area contributed by atoms with Crippen molar-refractivity contribution < 1.29 is 24.1 Å². The third-order valence-corrected chi connectivity index (χ3v) is 7.84. The summed E-state index contributed by atoms with van der Waals surface area (Å²) in [6.07, 6.45) is 3.88. The van der Waals surface area contributed by atoms with E-state index in [0.717, 1.165) is 47.3 Å². The highest BCUT2D eigenvalue weighted by atomic mass is 35.5. The summed E-state index contributed by atoms with van der Waals surface area (Å²) in [5, 5.41) is 11.8. The highest BCUT2D eigenvalue weighted by molar-refractivity contribution is 5.99. The predicted molar refractivity (Wildman–Crippen MR) is 167 cm³/mol. The zero-order valence-corrected chi connectivity index (χ0v) is 24.5. The monoisotopic (exact) mass is 588 g/mol. The Morgan fingerprint density at radius 1 is 0.833 bits per heavy atom. The van der Waals surface area contributed by atoms with E-state index in [1.165, 1.54) is 19.3 Å². The normalized spacial score (nSPS) is 15.7. The fraction of sp³-hybridized carbons (Fsp3) is 0.324. The van der Waals surface area contributed by atoms with Crippen LogP contribution in [0.25, 0.3) is 21.9 Å². The molecule has 0 unspecified atom stereocenters. The number of benzene rings is 4. The van der Waals surface area contributed by atoms with E-state index in [1.54, 1.807) is 12.1 Å². The molecule has 0 aliphatic carbocycles. The first kappa shape index (κ1) is 29.7. The molecule has 6 rings (SSSR count). The smallest absolute Gasteiger partial charge is 0.254 e. The van der Waals surface area contributed by atoms with Crippen molar-refractivity contribution >= 4 is 29.1 Å². The summed E-state index contributed by atoms with van der Waals surface area (Å²) in [6, 6.07) is 24.6. The lowest BCUT2D eigenvalue weighted by Crippen LogP contribution is -2.40. The van der Waals surface area contributed by atoms with E-state index in [2.05, 4.69) is 4.90 Å². The number of nitrogens with zero attached hydrogens (tertiary/aromatic N) is 2. The van der Waals surface area contributed by atoms with Gasteiger partial charge in [0.25, 0.3) is 5.91 Å². The Hall–Kier alpha value is -3.78. The van der Waals surface area contributed by atoms with Crippen molar-refractivity contribution in [1.82, 2.24) is 9.80 Å². The average molecular weight is 589 g/mol. The summed E-state index contributed by atoms with van der Waals surface area (Å²) in [6.45, 7) is 6.22. The molecule has 42 heavy (non-hydrogen) atoms. The molecular formula is C34H37ClN2O5. The molecular weight excluding hydrogens is 552 g/mol. The zero-order valence-electron chi connectivity index (χ0n) is 23.7. The van der Waals surface area contributed by atoms with Gasteiger partial charge in [-0.1, -0.05) is 24.6 Å². The lowest BCUT2D eigenvalue weighted by molar-refractivity contribution is 0.0303. The Balaban J connectivity index is 0.00000353. The van der Waals surface area contributed by atoms with E-state index in [0.29, 0.717) is 50.0 Å². The lowest BCUT2D eigenvalue weighted by atomic mass is 9.97. The molecule has 2 heterocycles. The second kappa shape index (κ2) is 13.9. The van der Waals surface area contributed by atoms with Gasteiger partial charge in [-0.2, -0.15) is 0 Å². The fourth-order valence-corrected chi connectivity index (χ4v) is 5.59. The number of ether oxygens (including phenoxy) is 3. The number of phenols is 1. The van der Waals surface area contributed by atoms with E-state index < -0.39 is 0 Å². The van der Waals surface area contributed by atoms with E-state index in [-0.39, 0.29) is 24.1 Å². The molecule has 2 aliphatic rings. The first-order valence-corrected chi connectivity index (χ1v) is 14.5. The van der Waals surface area contributed by atoms with E-state index in [9.17, 15) is 9.90 Å². The van der Waals surface area contributed by atoms with Gasteiger partial charge in [0.05, 0.1) is 13.2 Å². The number of phenolic OH excluding ortho intramolecular Hbond substituents is 1. The molecule has 4 aromatic rings. The molecule has 0 saturated carbocycles. The molecule has 2 fully saturated rings. The first-order chi connectivity index (χ1) is 20.1. The standard InChI is InChI=1S/C34H36N2O5.ClH/c37-28-8-14-32-26(24-28)7-13-31(25-5-4-6-27(23-25)34(38)36-18-20-39-21-19-36)33(32)41-30-11-9-29(10-12-30)40-22-17-35-15-2-1-3-16-35;/h4-14,23-24,37H,1-3,15-22H2;1H. The Morgan fingerprint density at radius 2 is 1.60 bits per heavy atom. The van der Waals surface area contributed by atoms with Crippen molar-refractivity contribution in [2.75, 3.05) is 52.5 Å². The maximum atomic E-state index is 13.2. The third-order valence-electron chi connectivity index (χ3n) is 7.84. The van der Waals surface area contributed by atoms with Crippen molar-refractivity contribution in [2.24, 2.45) is 0 Å². The minimum atomic E-state index is -0.000736. The van der Waals surface area contributed by atoms with Gasteiger partial charge in [0.2, 0.25) is 0 Å². The van der Waals surface area contributed by atoms with Gasteiger partial charge in [0.15, 0.2) is 0 Å². The molecule has 1 N–H and O–H groups in total. The van der Waals surface area contributed by atoms with Gasteiger partial charge >= 0.3 is 0 Å². The number of fused-ring (bicyclic) bond motifs is 1. The van der Waals surface area contributed by atoms with Gasteiger partial charge in [0.1, 0.15) is 29.6 Å². The van der Waals surface area contributed by atoms with E-state index >= 15 is 0 Å². The number of rotatable bonds is 8. The number of carbonyl (C=O) groups excluding carboxylic acids is 1. The zero-order chi connectivity index (χ0) is 28.0. The number of morpholine rings is 1. The highest BCUT2D eigenvalue weighted by Gasteiger charge is 2.20. The van der Waals surface area contributed by atoms with Crippen LogP contribution < -0.4 is 9.47 Å². The molecule has 7 nitrogen and oxygen atoms in total. The van der Waals surface area contributed by atoms with Crippen LogP contribution in [0.5, 0.6) is 23.0 Å². The first-order valence-electron chi connectivity index (χ1n) is 14.5. The largest absolute Gasteiger partial charge is 0.508 e. The number of hydrogen-bond donors (Lipinski definition) is 1. The Labute approximate surface area is 253 Å². The van der Waals surface area contributed by atoms with Crippen LogP contribution in [0.2, 0.25) is 0 Å². The molecule has 0 atom stereocenters. The summed E-state index contributed by atoms with van der Waals surface area (Å²) in [5.41, 5.74) is 2.38. The number of piperidine rings is 1. The topological polar surface area (TPSA) is 71.5 Å².